The van der Waals surface area contributed by atoms with Gasteiger partial charge in [0.25, 0.3) is 0 Å². The Bertz CT molecular complexity index is 202. The maximum Gasteiger partial charge on any atom is 0.323 e. The number of nitrogens with two attached hydrogens (primary N) is 1. The van der Waals surface area contributed by atoms with E-state index in [-0.39, 0.29) is 5.92 Å². The molecule has 2 unspecified atom stereocenters. The number of carboxylic acids is 1. The first-order valence-electron chi connectivity index (χ1n) is 6.45. The molecule has 0 aromatic carbocycles. The molecule has 0 saturated carbocycles. The van der Waals surface area contributed by atoms with E-state index < -0.39 is 11.5 Å². The Hall–Kier alpha value is -0.570. The normalized spacial score (nSPS) is 16.8. The molecule has 0 aliphatic carbocycles. The average Bonchev–Trinajstić information content (AvgIpc) is 2.22. The monoisotopic (exact) mass is 229 g/mol. The van der Waals surface area contributed by atoms with Crippen molar-refractivity contribution in [1.82, 2.24) is 0 Å². The van der Waals surface area contributed by atoms with Crippen LogP contribution in [0, 0.1) is 5.92 Å². The van der Waals surface area contributed by atoms with Gasteiger partial charge in [0, 0.05) is 0 Å². The lowest BCUT2D eigenvalue weighted by molar-refractivity contribution is -0.144. The quantitative estimate of drug-likeness (QED) is 0.597. The Morgan fingerprint density at radius 3 is 2.25 bits per heavy atom. The molecule has 0 bridgehead atoms. The van der Waals surface area contributed by atoms with E-state index in [0.29, 0.717) is 0 Å². The molecule has 16 heavy (non-hydrogen) atoms. The van der Waals surface area contributed by atoms with Gasteiger partial charge in [-0.15, -0.1) is 0 Å². The first-order chi connectivity index (χ1) is 7.42. The number of carbonyl (C=O) groups is 1. The summed E-state index contributed by atoms with van der Waals surface area (Å²) >= 11 is 0. The van der Waals surface area contributed by atoms with Crippen molar-refractivity contribution in [2.75, 3.05) is 0 Å². The zero-order chi connectivity index (χ0) is 12.6. The van der Waals surface area contributed by atoms with Crippen LogP contribution in [-0.2, 0) is 4.79 Å². The highest BCUT2D eigenvalue weighted by Gasteiger charge is 2.33. The van der Waals surface area contributed by atoms with E-state index in [4.69, 9.17) is 10.8 Å². The highest BCUT2D eigenvalue weighted by molar-refractivity contribution is 5.78. The highest BCUT2D eigenvalue weighted by atomic mass is 16.4. The largest absolute Gasteiger partial charge is 0.480 e. The smallest absolute Gasteiger partial charge is 0.323 e. The first-order valence-corrected chi connectivity index (χ1v) is 6.45. The van der Waals surface area contributed by atoms with Gasteiger partial charge in [0.2, 0.25) is 0 Å². The van der Waals surface area contributed by atoms with E-state index in [0.717, 1.165) is 12.8 Å². The number of hydrogen-bond donors (Lipinski definition) is 2. The van der Waals surface area contributed by atoms with Gasteiger partial charge in [-0.3, -0.25) is 4.79 Å². The second kappa shape index (κ2) is 7.66. The van der Waals surface area contributed by atoms with Crippen LogP contribution in [0.4, 0.5) is 0 Å². The zero-order valence-corrected chi connectivity index (χ0v) is 11.0. The molecule has 0 radical (unpaired) electrons. The lowest BCUT2D eigenvalue weighted by Gasteiger charge is -2.26. The van der Waals surface area contributed by atoms with Gasteiger partial charge in [-0.05, 0) is 19.3 Å². The molecule has 3 heteroatoms. The van der Waals surface area contributed by atoms with E-state index in [1.165, 1.54) is 32.1 Å². The van der Waals surface area contributed by atoms with Gasteiger partial charge < -0.3 is 10.8 Å². The molecule has 0 fully saturated rings. The molecule has 96 valence electrons. The summed E-state index contributed by atoms with van der Waals surface area (Å²) < 4.78 is 0. The molecule has 0 aliphatic heterocycles. The summed E-state index contributed by atoms with van der Waals surface area (Å²) in [6.45, 7) is 5.74. The lowest BCUT2D eigenvalue weighted by atomic mass is 9.84. The van der Waals surface area contributed by atoms with Crippen molar-refractivity contribution in [2.24, 2.45) is 11.7 Å². The molecule has 0 aromatic rings. The Morgan fingerprint density at radius 1 is 1.25 bits per heavy atom. The zero-order valence-electron chi connectivity index (χ0n) is 11.0. The molecule has 0 rings (SSSR count). The molecular weight excluding hydrogens is 202 g/mol. The van der Waals surface area contributed by atoms with E-state index in [9.17, 15) is 4.79 Å². The second-order valence-electron chi connectivity index (χ2n) is 5.05. The average molecular weight is 229 g/mol. The van der Waals surface area contributed by atoms with Crippen LogP contribution in [0.15, 0.2) is 0 Å². The predicted molar refractivity (Wildman–Crippen MR) is 67.4 cm³/mol. The fourth-order valence-corrected chi connectivity index (χ4v) is 1.74. The van der Waals surface area contributed by atoms with Crippen LogP contribution < -0.4 is 5.73 Å². The van der Waals surface area contributed by atoms with Crippen molar-refractivity contribution in [1.29, 1.82) is 0 Å². The van der Waals surface area contributed by atoms with Crippen LogP contribution in [0.3, 0.4) is 0 Å². The molecule has 0 aliphatic rings. The van der Waals surface area contributed by atoms with Crippen molar-refractivity contribution in [3.63, 3.8) is 0 Å². The summed E-state index contributed by atoms with van der Waals surface area (Å²) in [5.41, 5.74) is 4.69. The minimum Gasteiger partial charge on any atom is -0.480 e. The van der Waals surface area contributed by atoms with Crippen LogP contribution in [0.1, 0.15) is 65.7 Å². The Balaban J connectivity index is 3.65. The van der Waals surface area contributed by atoms with Gasteiger partial charge in [0.05, 0.1) is 0 Å². The number of hydrogen-bond acceptors (Lipinski definition) is 2. The van der Waals surface area contributed by atoms with Crippen molar-refractivity contribution >= 4 is 5.97 Å². The summed E-state index contributed by atoms with van der Waals surface area (Å²) in [6, 6.07) is 0. The summed E-state index contributed by atoms with van der Waals surface area (Å²) in [7, 11) is 0. The van der Waals surface area contributed by atoms with E-state index in [1.54, 1.807) is 6.92 Å². The number of aliphatic carboxylic acids is 1. The molecular formula is C13H27NO2. The first kappa shape index (κ1) is 15.4. The second-order valence-corrected chi connectivity index (χ2v) is 5.05. The molecule has 0 aromatic heterocycles. The van der Waals surface area contributed by atoms with Crippen molar-refractivity contribution in [2.45, 2.75) is 71.3 Å². The number of unbranched alkanes of at least 4 members (excludes halogenated alkanes) is 5. The third kappa shape index (κ3) is 5.50. The minimum absolute atomic E-state index is 0.0381. The van der Waals surface area contributed by atoms with Gasteiger partial charge in [0.15, 0.2) is 0 Å². The summed E-state index contributed by atoms with van der Waals surface area (Å²) in [5.74, 6) is -0.859. The molecule has 3 nitrogen and oxygen atoms in total. The van der Waals surface area contributed by atoms with Crippen molar-refractivity contribution in [3.8, 4) is 0 Å². The minimum atomic E-state index is -1.08. The topological polar surface area (TPSA) is 63.3 Å². The third-order valence-electron chi connectivity index (χ3n) is 3.48. The van der Waals surface area contributed by atoms with Crippen LogP contribution in [0.25, 0.3) is 0 Å². The highest BCUT2D eigenvalue weighted by Crippen LogP contribution is 2.21. The van der Waals surface area contributed by atoms with E-state index >= 15 is 0 Å². The molecule has 0 saturated heterocycles. The third-order valence-corrected chi connectivity index (χ3v) is 3.48. The van der Waals surface area contributed by atoms with Crippen LogP contribution >= 0.6 is 0 Å². The summed E-state index contributed by atoms with van der Waals surface area (Å²) in [6.07, 6.45) is 8.31. The van der Waals surface area contributed by atoms with E-state index in [1.807, 2.05) is 6.92 Å². The van der Waals surface area contributed by atoms with Crippen LogP contribution in [-0.4, -0.2) is 16.6 Å². The lowest BCUT2D eigenvalue weighted by Crippen LogP contribution is -2.50. The fraction of sp³-hybridized carbons (Fsp3) is 0.923. The Kier molecular flexibility index (Phi) is 7.39. The number of rotatable bonds is 9. The molecule has 0 spiro atoms. The van der Waals surface area contributed by atoms with Gasteiger partial charge in [-0.1, -0.05) is 52.4 Å². The standard InChI is InChI=1S/C13H27NO2/c1-4-5-6-7-8-9-10-11(2)13(3,14)12(15)16/h11H,4-10,14H2,1-3H3,(H,15,16). The summed E-state index contributed by atoms with van der Waals surface area (Å²) in [5, 5.41) is 8.96. The van der Waals surface area contributed by atoms with E-state index in [2.05, 4.69) is 6.92 Å². The Labute approximate surface area is 99.4 Å². The van der Waals surface area contributed by atoms with Crippen LogP contribution in [0.2, 0.25) is 0 Å². The van der Waals surface area contributed by atoms with Gasteiger partial charge in [0.1, 0.15) is 5.54 Å². The fourth-order valence-electron chi connectivity index (χ4n) is 1.74. The maximum atomic E-state index is 10.9. The molecule has 3 N–H and O–H groups in total. The summed E-state index contributed by atoms with van der Waals surface area (Å²) in [4.78, 5) is 10.9. The molecule has 2 atom stereocenters. The van der Waals surface area contributed by atoms with Gasteiger partial charge in [-0.2, -0.15) is 0 Å². The molecule has 0 amide bonds. The maximum absolute atomic E-state index is 10.9. The van der Waals surface area contributed by atoms with Crippen molar-refractivity contribution < 1.29 is 9.90 Å². The van der Waals surface area contributed by atoms with Gasteiger partial charge >= 0.3 is 5.97 Å². The van der Waals surface area contributed by atoms with Crippen molar-refractivity contribution in [3.05, 3.63) is 0 Å². The molecule has 0 heterocycles. The Morgan fingerprint density at radius 2 is 1.75 bits per heavy atom. The predicted octanol–water partition coefficient (Wildman–Crippen LogP) is 3.18. The number of carboxylic acid groups (broad SMARTS) is 1. The van der Waals surface area contributed by atoms with Gasteiger partial charge in [-0.25, -0.2) is 0 Å². The SMILES string of the molecule is CCCCCCCCC(C)C(C)(N)C(=O)O. The van der Waals surface area contributed by atoms with Crippen LogP contribution in [0.5, 0.6) is 0 Å².